The first-order chi connectivity index (χ1) is 46.0. The molecule has 7 aromatic rings. The van der Waals surface area contributed by atoms with Crippen molar-refractivity contribution in [3.8, 4) is 0 Å². The van der Waals surface area contributed by atoms with Gasteiger partial charge in [-0.05, 0) is 121 Å². The average molecular weight is 1300 g/mol. The van der Waals surface area contributed by atoms with Gasteiger partial charge in [-0.25, -0.2) is 0 Å². The average Bonchev–Trinajstić information content (AvgIpc) is 1.30. The van der Waals surface area contributed by atoms with Gasteiger partial charge in [-0.2, -0.15) is 0 Å². The normalized spacial score (nSPS) is 11.1. The van der Waals surface area contributed by atoms with Crippen LogP contribution in [0.15, 0.2) is 209 Å². The van der Waals surface area contributed by atoms with E-state index in [1.165, 1.54) is 61.4 Å². The fourth-order valence-corrected chi connectivity index (χ4v) is 8.44. The Morgan fingerprint density at radius 3 is 1.02 bits per heavy atom. The quantitative estimate of drug-likeness (QED) is 0.0310. The van der Waals surface area contributed by atoms with Gasteiger partial charge in [0, 0.05) is 43.5 Å². The zero-order chi connectivity index (χ0) is 71.1. The van der Waals surface area contributed by atoms with Gasteiger partial charge >= 0.3 is 0 Å². The van der Waals surface area contributed by atoms with Crippen LogP contribution < -0.4 is 0 Å². The Morgan fingerprint density at radius 1 is 0.417 bits per heavy atom. The minimum Gasteiger partial charge on any atom is -0.381 e. The second kappa shape index (κ2) is 42.0. The molecule has 1 saturated carbocycles. The zero-order valence-electron chi connectivity index (χ0n) is 54.4. The SMILES string of the molecule is C=Cc1ccc(/C=C/C)cc1[N+](=O)[O-].C=Cc1ccc(/C=C/C2CC2)cc1[N+](=O)[O-].C=Cc1ccc(/C=C/CCC)cc1[N+](=O)[O-].C=Cc1ccc(/C=C/COC)cc1[N+](=O)[O-].C=Cc1ccc(/C=C/c2ccccc2)cc1[N+](=O)[O-].C=Cc1ccc(C=C(C)C)cc1[N+](=O)[O-]. The molecule has 0 heterocycles. The highest BCUT2D eigenvalue weighted by Crippen LogP contribution is 2.32. The lowest BCUT2D eigenvalue weighted by Gasteiger charge is -1.99. The number of ether oxygens (including phenoxy) is 1. The highest BCUT2D eigenvalue weighted by molar-refractivity contribution is 5.74. The molecule has 0 saturated heterocycles. The lowest BCUT2D eigenvalue weighted by Crippen LogP contribution is -1.92. The first-order valence-corrected chi connectivity index (χ1v) is 30.0. The topological polar surface area (TPSA) is 268 Å². The molecule has 1 aliphatic rings. The summed E-state index contributed by atoms with van der Waals surface area (Å²) in [5.41, 5.74) is 10.9. The second-order valence-electron chi connectivity index (χ2n) is 20.9. The van der Waals surface area contributed by atoms with Gasteiger partial charge in [0.1, 0.15) is 0 Å². The molecule has 7 aromatic carbocycles. The van der Waals surface area contributed by atoms with Crippen molar-refractivity contribution in [1.82, 2.24) is 0 Å². The summed E-state index contributed by atoms with van der Waals surface area (Å²) < 4.78 is 4.85. The van der Waals surface area contributed by atoms with Crippen molar-refractivity contribution in [3.63, 3.8) is 0 Å². The third kappa shape index (κ3) is 27.3. The minimum absolute atomic E-state index is 0.0644. The van der Waals surface area contributed by atoms with Crippen LogP contribution in [0.25, 0.3) is 79.0 Å². The van der Waals surface area contributed by atoms with E-state index < -0.39 is 14.8 Å². The molecule has 0 N–H and O–H groups in total. The minimum atomic E-state index is -0.412. The third-order valence-electron chi connectivity index (χ3n) is 13.4. The van der Waals surface area contributed by atoms with Crippen LogP contribution in [-0.2, 0) is 4.74 Å². The van der Waals surface area contributed by atoms with Gasteiger partial charge in [0.05, 0.1) is 69.5 Å². The number of benzene rings is 7. The summed E-state index contributed by atoms with van der Waals surface area (Å²) >= 11 is 0. The number of methoxy groups -OCH3 is 1. The van der Waals surface area contributed by atoms with E-state index >= 15 is 0 Å². The molecule has 0 radical (unpaired) electrons. The molecule has 0 aliphatic heterocycles. The number of nitro groups is 6. The number of hydrogen-bond acceptors (Lipinski definition) is 13. The molecule has 1 aliphatic carbocycles. The Balaban J connectivity index is 0.000000301. The highest BCUT2D eigenvalue weighted by atomic mass is 16.6. The molecule has 96 heavy (non-hydrogen) atoms. The van der Waals surface area contributed by atoms with Gasteiger partial charge in [-0.1, -0.05) is 228 Å². The predicted octanol–water partition coefficient (Wildman–Crippen LogP) is 21.9. The Morgan fingerprint density at radius 2 is 0.719 bits per heavy atom. The van der Waals surface area contributed by atoms with Gasteiger partial charge < -0.3 is 4.74 Å². The molecule has 0 aromatic heterocycles. The van der Waals surface area contributed by atoms with E-state index in [0.717, 1.165) is 57.4 Å². The molecule has 0 bridgehead atoms. The smallest absolute Gasteiger partial charge is 0.277 e. The van der Waals surface area contributed by atoms with Crippen LogP contribution in [0.5, 0.6) is 0 Å². The summed E-state index contributed by atoms with van der Waals surface area (Å²) in [4.78, 5) is 62.4. The van der Waals surface area contributed by atoms with Crippen molar-refractivity contribution in [2.45, 2.75) is 53.4 Å². The maximum Gasteiger partial charge on any atom is 0.277 e. The van der Waals surface area contributed by atoms with Gasteiger partial charge in [0.25, 0.3) is 34.1 Å². The van der Waals surface area contributed by atoms with Crippen molar-refractivity contribution in [2.24, 2.45) is 5.92 Å². The van der Waals surface area contributed by atoms with Crippen LogP contribution in [0.1, 0.15) is 126 Å². The molecule has 19 nitrogen and oxygen atoms in total. The number of hydrogen-bond donors (Lipinski definition) is 0. The lowest BCUT2D eigenvalue weighted by atomic mass is 10.1. The van der Waals surface area contributed by atoms with Crippen LogP contribution in [0.4, 0.5) is 34.1 Å². The van der Waals surface area contributed by atoms with Crippen LogP contribution in [0.3, 0.4) is 0 Å². The molecule has 494 valence electrons. The van der Waals surface area contributed by atoms with Crippen LogP contribution in [0.2, 0.25) is 0 Å². The van der Waals surface area contributed by atoms with Gasteiger partial charge in [0.15, 0.2) is 0 Å². The van der Waals surface area contributed by atoms with E-state index in [2.05, 4.69) is 52.5 Å². The van der Waals surface area contributed by atoms with Gasteiger partial charge in [-0.15, -0.1) is 0 Å². The molecule has 1 fully saturated rings. The molecule has 19 heteroatoms. The van der Waals surface area contributed by atoms with Crippen LogP contribution in [0, 0.1) is 66.6 Å². The van der Waals surface area contributed by atoms with E-state index in [9.17, 15) is 60.7 Å². The summed E-state index contributed by atoms with van der Waals surface area (Å²) in [6.45, 7) is 29.7. The number of rotatable bonds is 24. The fourth-order valence-electron chi connectivity index (χ4n) is 8.44. The van der Waals surface area contributed by atoms with E-state index in [1.807, 2.05) is 130 Å². The highest BCUT2D eigenvalue weighted by Gasteiger charge is 2.19. The summed E-state index contributed by atoms with van der Waals surface area (Å²) in [5.74, 6) is 0.679. The zero-order valence-corrected chi connectivity index (χ0v) is 54.4. The van der Waals surface area contributed by atoms with Crippen LogP contribution in [-0.4, -0.2) is 43.3 Å². The lowest BCUT2D eigenvalue weighted by molar-refractivity contribution is -0.385. The summed E-state index contributed by atoms with van der Waals surface area (Å²) in [7, 11) is 1.59. The van der Waals surface area contributed by atoms with E-state index in [1.54, 1.807) is 86.0 Å². The maximum absolute atomic E-state index is 10.9. The Labute approximate surface area is 559 Å². The Bertz CT molecular complexity index is 4030. The number of nitro benzene ring substituents is 6. The maximum atomic E-state index is 10.9. The predicted molar refractivity (Wildman–Crippen MR) is 395 cm³/mol. The first kappa shape index (κ1) is 78.0. The van der Waals surface area contributed by atoms with Crippen molar-refractivity contribution in [3.05, 3.63) is 342 Å². The number of unbranched alkanes of at least 4 members (excludes halogenated alkanes) is 1. The van der Waals surface area contributed by atoms with Gasteiger partial charge in [0.2, 0.25) is 0 Å². The third-order valence-corrected chi connectivity index (χ3v) is 13.4. The van der Waals surface area contributed by atoms with Gasteiger partial charge in [-0.3, -0.25) is 60.7 Å². The molecule has 0 atom stereocenters. The van der Waals surface area contributed by atoms with Crippen molar-refractivity contribution >= 4 is 113 Å². The van der Waals surface area contributed by atoms with Crippen LogP contribution >= 0.6 is 0 Å². The number of allylic oxidation sites excluding steroid dienone is 4. The largest absolute Gasteiger partial charge is 0.381 e. The standard InChI is InChI=1S/C16H13NO2.C13H13NO2.C13H15NO2.C12H13NO3.C12H13NO2.C11H11NO2/c1-2-15-11-10-14(12-16(15)17(18)19)9-8-13-6-4-3-5-7-13;1-2-12-8-7-11(6-5-10-3-4-10)9-13(12)14(15)16;1-3-5-6-7-11-8-9-12(4-2)13(10-11)14(15)16;1-3-11-7-6-10(5-4-8-16-2)9-12(11)13(14)15;1-4-11-6-5-10(7-9(2)3)8-12(11)13(14)15;1-3-5-9-6-7-10(4-2)11(8-9)12(13)14/h2-12H,1H2;2,5-10H,1,3-4H2;4,6-10H,2-3,5H2,1H3;3-7,9H,1,8H2,2H3;4-8H,1H2,2-3H3;3-8H,2H2,1H3/b9-8+;6-5+;7-6+;5-4+;;5-3+. The molecule has 0 unspecified atom stereocenters. The Kier molecular flexibility index (Phi) is 34.2. The summed E-state index contributed by atoms with van der Waals surface area (Å²) in [5, 5.41) is 64.8. The van der Waals surface area contributed by atoms with E-state index in [4.69, 9.17) is 4.74 Å². The number of nitrogens with zero attached hydrogens (tertiary/aromatic N) is 6. The monoisotopic (exact) mass is 1290 g/mol. The van der Waals surface area contributed by atoms with E-state index in [0.29, 0.717) is 45.9 Å². The molecule has 8 rings (SSSR count). The van der Waals surface area contributed by atoms with Crippen molar-refractivity contribution in [1.29, 1.82) is 0 Å². The molecule has 0 spiro atoms. The van der Waals surface area contributed by atoms with Crippen molar-refractivity contribution < 1.29 is 34.3 Å². The first-order valence-electron chi connectivity index (χ1n) is 30.0. The molecular weight excluding hydrogens is 1220 g/mol. The summed E-state index contributed by atoms with van der Waals surface area (Å²) in [6.07, 6.45) is 34.4. The fraction of sp³-hybridized carbons (Fsp3) is 0.143. The van der Waals surface area contributed by atoms with E-state index in [-0.39, 0.29) is 48.9 Å². The molecule has 0 amide bonds. The second-order valence-corrected chi connectivity index (χ2v) is 20.9. The van der Waals surface area contributed by atoms with Crippen molar-refractivity contribution in [2.75, 3.05) is 13.7 Å². The molecular formula is C77H78N6O13. The summed E-state index contributed by atoms with van der Waals surface area (Å²) in [6, 6.07) is 40.4. The Hall–Kier alpha value is -12.2.